The maximum Gasteiger partial charge on any atom is 0.266 e. The Bertz CT molecular complexity index is 1100. The van der Waals surface area contributed by atoms with Gasteiger partial charge in [0.2, 0.25) is 0 Å². The fraction of sp³-hybridized carbons (Fsp3) is 0.0833. The Balaban J connectivity index is 1.46. The predicted molar refractivity (Wildman–Crippen MR) is 127 cm³/mol. The summed E-state index contributed by atoms with van der Waals surface area (Å²) in [4.78, 5) is 15.0. The van der Waals surface area contributed by atoms with E-state index in [1.807, 2.05) is 78.9 Å². The SMILES string of the molecule is O=C1C(=Cc2ccc(OCc3ccccc3)c(Cl)c2)SC(=S)N1Cc1ccccc1. The average molecular weight is 452 g/mol. The van der Waals surface area contributed by atoms with E-state index in [1.165, 1.54) is 11.8 Å². The number of ether oxygens (including phenoxy) is 1. The highest BCUT2D eigenvalue weighted by Crippen LogP contribution is 2.35. The minimum atomic E-state index is -0.0885. The highest BCUT2D eigenvalue weighted by atomic mass is 35.5. The fourth-order valence-corrected chi connectivity index (χ4v) is 4.51. The molecule has 1 heterocycles. The largest absolute Gasteiger partial charge is 0.487 e. The zero-order valence-electron chi connectivity index (χ0n) is 16.0. The third kappa shape index (κ3) is 4.93. The summed E-state index contributed by atoms with van der Waals surface area (Å²) in [5.74, 6) is 0.517. The second-order valence-corrected chi connectivity index (χ2v) is 8.80. The number of halogens is 1. The molecule has 0 saturated carbocycles. The van der Waals surface area contributed by atoms with Gasteiger partial charge in [-0.25, -0.2) is 0 Å². The zero-order chi connectivity index (χ0) is 20.9. The number of amides is 1. The summed E-state index contributed by atoms with van der Waals surface area (Å²) in [5, 5.41) is 0.499. The molecule has 150 valence electrons. The molecular weight excluding hydrogens is 434 g/mol. The van der Waals surface area contributed by atoms with Crippen LogP contribution in [0.2, 0.25) is 5.02 Å². The number of nitrogens with zero attached hydrogens (tertiary/aromatic N) is 1. The van der Waals surface area contributed by atoms with Crippen LogP contribution in [0.15, 0.2) is 83.8 Å². The highest BCUT2D eigenvalue weighted by molar-refractivity contribution is 8.26. The van der Waals surface area contributed by atoms with Gasteiger partial charge in [0.25, 0.3) is 5.91 Å². The first-order valence-corrected chi connectivity index (χ1v) is 11.0. The van der Waals surface area contributed by atoms with E-state index < -0.39 is 0 Å². The maximum atomic E-state index is 12.8. The van der Waals surface area contributed by atoms with Gasteiger partial charge in [-0.3, -0.25) is 9.69 Å². The lowest BCUT2D eigenvalue weighted by Gasteiger charge is -2.14. The summed E-state index contributed by atoms with van der Waals surface area (Å²) in [5.41, 5.74) is 2.94. The van der Waals surface area contributed by atoms with Crippen LogP contribution in [0.5, 0.6) is 5.75 Å². The van der Waals surface area contributed by atoms with E-state index in [1.54, 1.807) is 11.0 Å². The molecule has 0 unspecified atom stereocenters. The standard InChI is InChI=1S/C24H18ClNO2S2/c25-20-13-19(11-12-21(20)28-16-18-9-5-2-6-10-18)14-22-23(27)26(24(29)30-22)15-17-7-3-1-4-8-17/h1-14H,15-16H2. The van der Waals surface area contributed by atoms with Crippen molar-refractivity contribution >= 4 is 51.9 Å². The molecule has 3 nitrogen and oxygen atoms in total. The van der Waals surface area contributed by atoms with E-state index in [9.17, 15) is 4.79 Å². The minimum Gasteiger partial charge on any atom is -0.487 e. The van der Waals surface area contributed by atoms with Gasteiger partial charge in [0.05, 0.1) is 16.5 Å². The van der Waals surface area contributed by atoms with E-state index in [0.717, 1.165) is 16.7 Å². The number of thioether (sulfide) groups is 1. The number of benzene rings is 3. The van der Waals surface area contributed by atoms with Crippen molar-refractivity contribution < 1.29 is 9.53 Å². The Morgan fingerprint density at radius 3 is 2.30 bits per heavy atom. The van der Waals surface area contributed by atoms with Crippen LogP contribution in [0.3, 0.4) is 0 Å². The Hall–Kier alpha value is -2.60. The molecular formula is C24H18ClNO2S2. The lowest BCUT2D eigenvalue weighted by atomic mass is 10.2. The van der Waals surface area contributed by atoms with Crippen LogP contribution in [0.4, 0.5) is 0 Å². The van der Waals surface area contributed by atoms with Crippen molar-refractivity contribution in [3.8, 4) is 5.75 Å². The number of rotatable bonds is 6. The molecule has 1 aliphatic heterocycles. The number of carbonyl (C=O) groups excluding carboxylic acids is 1. The molecule has 0 atom stereocenters. The van der Waals surface area contributed by atoms with Gasteiger partial charge in [-0.2, -0.15) is 0 Å². The molecule has 0 aliphatic carbocycles. The van der Waals surface area contributed by atoms with Gasteiger partial charge < -0.3 is 4.74 Å². The fourth-order valence-electron chi connectivity index (χ4n) is 3.01. The summed E-state index contributed by atoms with van der Waals surface area (Å²) < 4.78 is 6.37. The monoisotopic (exact) mass is 451 g/mol. The maximum absolute atomic E-state index is 12.8. The van der Waals surface area contributed by atoms with Crippen molar-refractivity contribution in [3.05, 3.63) is 105 Å². The number of hydrogen-bond donors (Lipinski definition) is 0. The normalized spacial score (nSPS) is 15.1. The Labute approximate surface area is 190 Å². The number of hydrogen-bond acceptors (Lipinski definition) is 4. The Morgan fingerprint density at radius 1 is 0.967 bits per heavy atom. The molecule has 30 heavy (non-hydrogen) atoms. The molecule has 1 aliphatic rings. The van der Waals surface area contributed by atoms with Gasteiger partial charge in [0, 0.05) is 0 Å². The van der Waals surface area contributed by atoms with Crippen molar-refractivity contribution in [1.82, 2.24) is 4.90 Å². The van der Waals surface area contributed by atoms with Crippen LogP contribution in [-0.2, 0) is 17.9 Å². The van der Waals surface area contributed by atoms with Crippen LogP contribution in [0.25, 0.3) is 6.08 Å². The molecule has 0 aromatic heterocycles. The van der Waals surface area contributed by atoms with Crippen LogP contribution >= 0.6 is 35.6 Å². The summed E-state index contributed by atoms with van der Waals surface area (Å²) in [6.07, 6.45) is 1.82. The van der Waals surface area contributed by atoms with Crippen molar-refractivity contribution in [2.45, 2.75) is 13.2 Å². The molecule has 1 saturated heterocycles. The Morgan fingerprint density at radius 2 is 1.63 bits per heavy atom. The topological polar surface area (TPSA) is 29.5 Å². The Kier molecular flexibility index (Phi) is 6.53. The molecule has 6 heteroatoms. The molecule has 3 aromatic rings. The summed E-state index contributed by atoms with van der Waals surface area (Å²) in [6.45, 7) is 0.911. The molecule has 3 aromatic carbocycles. The summed E-state index contributed by atoms with van der Waals surface area (Å²) in [6, 6.07) is 25.2. The molecule has 0 radical (unpaired) electrons. The van der Waals surface area contributed by atoms with Crippen molar-refractivity contribution in [3.63, 3.8) is 0 Å². The first kappa shape index (κ1) is 20.7. The van der Waals surface area contributed by atoms with Gasteiger partial charge >= 0.3 is 0 Å². The van der Waals surface area contributed by atoms with Crippen LogP contribution in [0, 0.1) is 0 Å². The highest BCUT2D eigenvalue weighted by Gasteiger charge is 2.31. The summed E-state index contributed by atoms with van der Waals surface area (Å²) in [7, 11) is 0. The minimum absolute atomic E-state index is 0.0885. The molecule has 1 amide bonds. The lowest BCUT2D eigenvalue weighted by molar-refractivity contribution is -0.122. The third-order valence-electron chi connectivity index (χ3n) is 4.55. The predicted octanol–water partition coefficient (Wildman–Crippen LogP) is 6.32. The van der Waals surface area contributed by atoms with Crippen molar-refractivity contribution in [2.24, 2.45) is 0 Å². The molecule has 0 N–H and O–H groups in total. The zero-order valence-corrected chi connectivity index (χ0v) is 18.3. The van der Waals surface area contributed by atoms with Crippen LogP contribution in [0.1, 0.15) is 16.7 Å². The molecule has 0 bridgehead atoms. The van der Waals surface area contributed by atoms with E-state index in [2.05, 4.69) is 0 Å². The summed E-state index contributed by atoms with van der Waals surface area (Å²) >= 11 is 13.1. The van der Waals surface area contributed by atoms with Gasteiger partial charge in [-0.15, -0.1) is 0 Å². The smallest absolute Gasteiger partial charge is 0.266 e. The van der Waals surface area contributed by atoms with E-state index >= 15 is 0 Å². The van der Waals surface area contributed by atoms with Crippen LogP contribution in [-0.4, -0.2) is 15.1 Å². The molecule has 4 rings (SSSR count). The first-order chi connectivity index (χ1) is 14.6. The van der Waals surface area contributed by atoms with Gasteiger partial charge in [0.15, 0.2) is 0 Å². The third-order valence-corrected chi connectivity index (χ3v) is 6.22. The van der Waals surface area contributed by atoms with Crippen LogP contribution < -0.4 is 4.74 Å². The van der Waals surface area contributed by atoms with Gasteiger partial charge in [0.1, 0.15) is 16.7 Å². The average Bonchev–Trinajstić information content (AvgIpc) is 3.02. The molecule has 1 fully saturated rings. The molecule has 0 spiro atoms. The van der Waals surface area contributed by atoms with E-state index in [0.29, 0.717) is 33.1 Å². The number of thiocarbonyl (C=S) groups is 1. The number of carbonyl (C=O) groups is 1. The van der Waals surface area contributed by atoms with E-state index in [4.69, 9.17) is 28.6 Å². The van der Waals surface area contributed by atoms with Crippen molar-refractivity contribution in [1.29, 1.82) is 0 Å². The second kappa shape index (κ2) is 9.47. The van der Waals surface area contributed by atoms with Gasteiger partial charge in [-0.1, -0.05) is 102 Å². The van der Waals surface area contributed by atoms with Gasteiger partial charge in [-0.05, 0) is 34.9 Å². The first-order valence-electron chi connectivity index (χ1n) is 9.36. The van der Waals surface area contributed by atoms with E-state index in [-0.39, 0.29) is 5.91 Å². The second-order valence-electron chi connectivity index (χ2n) is 6.72. The lowest BCUT2D eigenvalue weighted by Crippen LogP contribution is -2.27. The quantitative estimate of drug-likeness (QED) is 0.324. The van der Waals surface area contributed by atoms with Crippen molar-refractivity contribution in [2.75, 3.05) is 0 Å².